The summed E-state index contributed by atoms with van der Waals surface area (Å²) < 4.78 is 9.54. The van der Waals surface area contributed by atoms with Gasteiger partial charge < -0.3 is 40.3 Å². The Hall–Kier alpha value is -5.66. The summed E-state index contributed by atoms with van der Waals surface area (Å²) in [4.78, 5) is 69.3. The van der Waals surface area contributed by atoms with Crippen LogP contribution < -0.4 is 16.0 Å². The number of carbonyl (C=O) groups is 4. The van der Waals surface area contributed by atoms with Gasteiger partial charge in [0.15, 0.2) is 0 Å². The zero-order chi connectivity index (χ0) is 40.3. The molecule has 3 heterocycles. The largest absolute Gasteiger partial charge is 0.453 e. The number of hydrogen-bond donors (Lipinski definition) is 5. The lowest BCUT2D eigenvalue weighted by atomic mass is 9.51. The van der Waals surface area contributed by atoms with Crippen molar-refractivity contribution in [1.29, 1.82) is 0 Å². The first-order chi connectivity index (χ1) is 27.5. The van der Waals surface area contributed by atoms with E-state index in [9.17, 15) is 19.2 Å². The molecule has 3 aliphatic carbocycles. The molecule has 4 aliphatic rings. The Morgan fingerprint density at radius 2 is 1.44 bits per heavy atom. The van der Waals surface area contributed by atoms with E-state index in [1.807, 2.05) is 68.4 Å². The third-order valence-corrected chi connectivity index (χ3v) is 12.7. The average Bonchev–Trinajstić information content (AvgIpc) is 4.05. The van der Waals surface area contributed by atoms with Crippen LogP contribution in [0.25, 0.3) is 11.3 Å². The maximum absolute atomic E-state index is 13.9. The van der Waals surface area contributed by atoms with Gasteiger partial charge in [0, 0.05) is 23.9 Å². The van der Waals surface area contributed by atoms with Gasteiger partial charge in [0.25, 0.3) is 5.91 Å². The van der Waals surface area contributed by atoms with Crippen LogP contribution in [0, 0.1) is 5.92 Å². The third-order valence-electron chi connectivity index (χ3n) is 12.7. The number of aromatic nitrogens is 4. The molecule has 4 amide bonds. The maximum atomic E-state index is 13.9. The highest BCUT2D eigenvalue weighted by atomic mass is 16.5. The van der Waals surface area contributed by atoms with Crippen LogP contribution >= 0.6 is 0 Å². The van der Waals surface area contributed by atoms with Crippen molar-refractivity contribution in [1.82, 2.24) is 40.8 Å². The predicted octanol–water partition coefficient (Wildman–Crippen LogP) is 6.66. The van der Waals surface area contributed by atoms with E-state index in [4.69, 9.17) is 19.4 Å². The fourth-order valence-corrected chi connectivity index (χ4v) is 9.19. The van der Waals surface area contributed by atoms with Crippen molar-refractivity contribution < 1.29 is 28.7 Å². The second-order valence-corrected chi connectivity index (χ2v) is 16.3. The van der Waals surface area contributed by atoms with Gasteiger partial charge in [0.05, 0.1) is 38.2 Å². The Kier molecular flexibility index (Phi) is 11.4. The number of hydrogen-bond acceptors (Lipinski definition) is 8. The molecule has 14 nitrogen and oxygen atoms in total. The van der Waals surface area contributed by atoms with Gasteiger partial charge in [-0.05, 0) is 86.3 Å². The number of carbonyl (C=O) groups excluding carboxylic acids is 4. The van der Waals surface area contributed by atoms with Crippen LogP contribution in [0.1, 0.15) is 119 Å². The zero-order valence-corrected chi connectivity index (χ0v) is 33.4. The smallest absolute Gasteiger partial charge is 0.407 e. The van der Waals surface area contributed by atoms with Crippen molar-refractivity contribution in [2.45, 2.75) is 107 Å². The Morgan fingerprint density at radius 1 is 0.789 bits per heavy atom. The zero-order valence-electron chi connectivity index (χ0n) is 33.4. The quantitative estimate of drug-likeness (QED) is 0.106. The number of nitrogens with zero attached hydrogens (tertiary/aromatic N) is 3. The number of ether oxygens (including phenoxy) is 2. The fraction of sp³-hybridized carbons (Fsp3) is 0.488. The summed E-state index contributed by atoms with van der Waals surface area (Å²) in [5.41, 5.74) is 5.26. The molecule has 1 aliphatic heterocycles. The lowest BCUT2D eigenvalue weighted by Gasteiger charge is -2.53. The first-order valence-corrected chi connectivity index (χ1v) is 20.0. The number of fused-ring (bicyclic) bond motifs is 3. The van der Waals surface area contributed by atoms with Crippen LogP contribution in [0.15, 0.2) is 67.0 Å². The SMILES string of the molecule is COC(=O)NC(C(=O)N1CCCC1c1ncc(-c2ccc(C34CCC(c5cnc(C(C)NC(=O)C(NC(=O)OC)C(C)C)[nH]5)(CC3)CC4)cc2)[nH]1)c1ccccc1. The summed E-state index contributed by atoms with van der Waals surface area (Å²) in [5.74, 6) is 0.833. The fourth-order valence-electron chi connectivity index (χ4n) is 9.19. The molecule has 2 aromatic carbocycles. The molecule has 1 saturated heterocycles. The molecule has 4 atom stereocenters. The van der Waals surface area contributed by atoms with Gasteiger partial charge in [-0.2, -0.15) is 0 Å². The molecule has 3 saturated carbocycles. The Morgan fingerprint density at radius 3 is 2.09 bits per heavy atom. The van der Waals surface area contributed by atoms with Gasteiger partial charge in [-0.3, -0.25) is 9.59 Å². The van der Waals surface area contributed by atoms with E-state index < -0.39 is 24.3 Å². The minimum absolute atomic E-state index is 0.0296. The highest BCUT2D eigenvalue weighted by Gasteiger charge is 2.51. The van der Waals surface area contributed by atoms with E-state index in [0.29, 0.717) is 17.9 Å². The van der Waals surface area contributed by atoms with Crippen molar-refractivity contribution in [3.63, 3.8) is 0 Å². The molecule has 14 heteroatoms. The first-order valence-electron chi connectivity index (χ1n) is 20.0. The molecule has 4 aromatic rings. The molecule has 57 heavy (non-hydrogen) atoms. The number of aromatic amines is 2. The van der Waals surface area contributed by atoms with E-state index in [1.54, 1.807) is 0 Å². The molecular formula is C43H54N8O6. The van der Waals surface area contributed by atoms with Crippen molar-refractivity contribution in [3.05, 3.63) is 95.5 Å². The standard InChI is InChI=1S/C43H54N8O6/c1-26(2)34(49-40(54)56-4)38(52)46-27(3)36-45-25-33(48-36)43-20-17-42(18-21-43,19-22-43)30-15-13-28(14-16-30)31-24-44-37(47-31)32-12-9-23-51(32)39(53)35(50-41(55)57-5)29-10-7-6-8-11-29/h6-8,10-11,13-16,24-27,32,34-35H,9,12,17-23H2,1-5H3,(H,44,47)(H,45,48)(H,46,52)(H,49,54)(H,50,55). The Labute approximate surface area is 333 Å². The number of rotatable bonds is 12. The average molecular weight is 779 g/mol. The summed E-state index contributed by atoms with van der Waals surface area (Å²) in [6.07, 6.45) is 10.5. The number of likely N-dealkylation sites (tertiary alicyclic amines) is 1. The first kappa shape index (κ1) is 39.6. The van der Waals surface area contributed by atoms with E-state index in [1.165, 1.54) is 19.8 Å². The van der Waals surface area contributed by atoms with Crippen LogP contribution in [-0.2, 0) is 29.9 Å². The molecule has 302 valence electrons. The molecule has 0 spiro atoms. The highest BCUT2D eigenvalue weighted by Crippen LogP contribution is 2.58. The number of methoxy groups -OCH3 is 2. The minimum Gasteiger partial charge on any atom is -0.453 e. The highest BCUT2D eigenvalue weighted by molar-refractivity contribution is 5.87. The molecule has 2 bridgehead atoms. The number of amides is 4. The summed E-state index contributed by atoms with van der Waals surface area (Å²) in [7, 11) is 2.57. The number of benzene rings is 2. The van der Waals surface area contributed by atoms with Crippen LogP contribution in [0.5, 0.6) is 0 Å². The maximum Gasteiger partial charge on any atom is 0.407 e. The van der Waals surface area contributed by atoms with E-state index in [0.717, 1.165) is 74.1 Å². The van der Waals surface area contributed by atoms with Crippen LogP contribution in [0.3, 0.4) is 0 Å². The molecule has 4 unspecified atom stereocenters. The second-order valence-electron chi connectivity index (χ2n) is 16.3. The number of imidazole rings is 2. The number of H-pyrrole nitrogens is 2. The topological polar surface area (TPSA) is 183 Å². The van der Waals surface area contributed by atoms with Gasteiger partial charge in [-0.25, -0.2) is 19.6 Å². The van der Waals surface area contributed by atoms with Crippen LogP contribution in [-0.4, -0.2) is 75.6 Å². The summed E-state index contributed by atoms with van der Waals surface area (Å²) in [5, 5.41) is 8.36. The molecule has 5 N–H and O–H groups in total. The van der Waals surface area contributed by atoms with Gasteiger partial charge >= 0.3 is 12.2 Å². The summed E-state index contributed by atoms with van der Waals surface area (Å²) in [6, 6.07) is 15.9. The number of alkyl carbamates (subject to hydrolysis) is 2. The van der Waals surface area contributed by atoms with Crippen molar-refractivity contribution in [2.75, 3.05) is 20.8 Å². The minimum atomic E-state index is -0.868. The molecule has 4 fully saturated rings. The lowest BCUT2D eigenvalue weighted by Crippen LogP contribution is -2.50. The van der Waals surface area contributed by atoms with Crippen molar-refractivity contribution in [3.8, 4) is 11.3 Å². The van der Waals surface area contributed by atoms with Crippen LogP contribution in [0.2, 0.25) is 0 Å². The number of nitrogens with one attached hydrogen (secondary N) is 5. The second kappa shape index (κ2) is 16.4. The molecule has 0 radical (unpaired) electrons. The summed E-state index contributed by atoms with van der Waals surface area (Å²) in [6.45, 7) is 6.21. The normalized spacial score (nSPS) is 23.1. The third kappa shape index (κ3) is 7.99. The molecule has 2 aromatic heterocycles. The van der Waals surface area contributed by atoms with E-state index in [-0.39, 0.29) is 40.6 Å². The Bertz CT molecular complexity index is 2040. The van der Waals surface area contributed by atoms with Crippen molar-refractivity contribution >= 4 is 24.0 Å². The van der Waals surface area contributed by atoms with Gasteiger partial charge in [0.2, 0.25) is 5.91 Å². The van der Waals surface area contributed by atoms with Crippen LogP contribution in [0.4, 0.5) is 9.59 Å². The van der Waals surface area contributed by atoms with Gasteiger partial charge in [-0.15, -0.1) is 0 Å². The van der Waals surface area contributed by atoms with E-state index in [2.05, 4.69) is 50.2 Å². The Balaban J connectivity index is 0.984. The van der Waals surface area contributed by atoms with Gasteiger partial charge in [0.1, 0.15) is 23.7 Å². The predicted molar refractivity (Wildman–Crippen MR) is 213 cm³/mol. The van der Waals surface area contributed by atoms with Gasteiger partial charge in [-0.1, -0.05) is 68.4 Å². The lowest BCUT2D eigenvalue weighted by molar-refractivity contribution is -0.134. The monoisotopic (exact) mass is 778 g/mol. The molecule has 8 rings (SSSR count). The van der Waals surface area contributed by atoms with Crippen molar-refractivity contribution in [2.24, 2.45) is 5.92 Å². The summed E-state index contributed by atoms with van der Waals surface area (Å²) >= 11 is 0. The molecular weight excluding hydrogens is 725 g/mol. The van der Waals surface area contributed by atoms with E-state index >= 15 is 0 Å².